The Balaban J connectivity index is 1.67. The first-order chi connectivity index (χ1) is 15.5. The van der Waals surface area contributed by atoms with Gasteiger partial charge in [0.15, 0.2) is 0 Å². The molecule has 4 N–H and O–H groups in total. The van der Waals surface area contributed by atoms with E-state index in [1.165, 1.54) is 0 Å². The number of rotatable bonds is 11. The van der Waals surface area contributed by atoms with Crippen molar-refractivity contribution in [2.24, 2.45) is 0 Å². The quantitative estimate of drug-likeness (QED) is 0.326. The Bertz CT molecular complexity index is 549. The maximum atomic E-state index is 10.5. The number of hydrogen-bond acceptors (Lipinski definition) is 8. The van der Waals surface area contributed by atoms with Crippen LogP contribution in [0.3, 0.4) is 0 Å². The van der Waals surface area contributed by atoms with Gasteiger partial charge >= 0.3 is 0 Å². The van der Waals surface area contributed by atoms with Crippen LogP contribution >= 0.6 is 0 Å². The molecule has 2 rings (SSSR count). The summed E-state index contributed by atoms with van der Waals surface area (Å²) in [5, 5.41) is 41.5. The molecular formula is C26H52N2O6. The van der Waals surface area contributed by atoms with Gasteiger partial charge in [-0.05, 0) is 81.1 Å². The molecule has 202 valence electrons. The first-order valence-corrected chi connectivity index (χ1v) is 12.9. The van der Waals surface area contributed by atoms with Crippen LogP contribution < -0.4 is 0 Å². The van der Waals surface area contributed by atoms with Gasteiger partial charge in [-0.2, -0.15) is 0 Å². The smallest absolute Gasteiger partial charge is 0.0900 e. The van der Waals surface area contributed by atoms with E-state index in [2.05, 4.69) is 65.2 Å². The normalized spacial score (nSPS) is 27.5. The second kappa shape index (κ2) is 11.4. The average molecular weight is 489 g/mol. The third-order valence-electron chi connectivity index (χ3n) is 7.64. The lowest BCUT2D eigenvalue weighted by Crippen LogP contribution is -2.63. The summed E-state index contributed by atoms with van der Waals surface area (Å²) in [5.41, 5.74) is -0.790. The van der Waals surface area contributed by atoms with Crippen molar-refractivity contribution in [3.8, 4) is 0 Å². The zero-order valence-corrected chi connectivity index (χ0v) is 22.9. The highest BCUT2D eigenvalue weighted by Crippen LogP contribution is 2.39. The van der Waals surface area contributed by atoms with E-state index in [1.807, 2.05) is 0 Å². The van der Waals surface area contributed by atoms with Crippen LogP contribution in [-0.2, 0) is 9.47 Å². The van der Waals surface area contributed by atoms with Crippen molar-refractivity contribution in [1.82, 2.24) is 9.80 Å². The van der Waals surface area contributed by atoms with E-state index in [9.17, 15) is 20.4 Å². The Morgan fingerprint density at radius 2 is 0.882 bits per heavy atom. The molecule has 2 heterocycles. The monoisotopic (exact) mass is 488 g/mol. The summed E-state index contributed by atoms with van der Waals surface area (Å²) in [7, 11) is 0. The second-order valence-electron chi connectivity index (χ2n) is 13.1. The van der Waals surface area contributed by atoms with Gasteiger partial charge in [-0.15, -0.1) is 0 Å². The highest BCUT2D eigenvalue weighted by Gasteiger charge is 2.46. The van der Waals surface area contributed by atoms with Crippen LogP contribution in [0.15, 0.2) is 0 Å². The number of likely N-dealkylation sites (tertiary alicyclic amines) is 2. The van der Waals surface area contributed by atoms with E-state index in [-0.39, 0.29) is 47.6 Å². The van der Waals surface area contributed by atoms with Crippen molar-refractivity contribution in [3.63, 3.8) is 0 Å². The highest BCUT2D eigenvalue weighted by molar-refractivity contribution is 5.01. The highest BCUT2D eigenvalue weighted by atomic mass is 16.5. The van der Waals surface area contributed by atoms with Crippen molar-refractivity contribution in [3.05, 3.63) is 0 Å². The standard InChI is InChI=1S/C26H52N2O6/c1-23(2)11-19(29)12-24(3,4)27(23)15-21(31)17-33-9-10-34-18-22(32)16-28-25(5,6)13-20(30)14-26(28,7)8/h19-22,29-32H,9-18H2,1-8H3. The Morgan fingerprint density at radius 3 is 1.15 bits per heavy atom. The number of piperidine rings is 2. The molecule has 2 saturated heterocycles. The van der Waals surface area contributed by atoms with Crippen molar-refractivity contribution < 1.29 is 29.9 Å². The number of aliphatic hydroxyl groups excluding tert-OH is 4. The number of hydrogen-bond donors (Lipinski definition) is 4. The SMILES string of the molecule is CC1(C)CC(O)CC(C)(C)N1CC(O)COCCOCC(O)CN1C(C)(C)CC(O)CC1(C)C. The zero-order chi connectivity index (χ0) is 25.9. The fraction of sp³-hybridized carbons (Fsp3) is 1.00. The first-order valence-electron chi connectivity index (χ1n) is 12.9. The topological polar surface area (TPSA) is 106 Å². The minimum absolute atomic E-state index is 0.197. The van der Waals surface area contributed by atoms with Gasteiger partial charge in [-0.3, -0.25) is 9.80 Å². The Morgan fingerprint density at radius 1 is 0.618 bits per heavy atom. The van der Waals surface area contributed by atoms with E-state index in [4.69, 9.17) is 9.47 Å². The number of ether oxygens (including phenoxy) is 2. The molecule has 0 aliphatic carbocycles. The molecule has 0 bridgehead atoms. The average Bonchev–Trinajstić information content (AvgIpc) is 2.62. The van der Waals surface area contributed by atoms with Crippen LogP contribution in [0.5, 0.6) is 0 Å². The van der Waals surface area contributed by atoms with Gasteiger partial charge in [0.25, 0.3) is 0 Å². The predicted molar refractivity (Wildman–Crippen MR) is 134 cm³/mol. The molecule has 2 aliphatic rings. The predicted octanol–water partition coefficient (Wildman–Crippen LogP) is 1.77. The molecule has 2 aliphatic heterocycles. The molecule has 8 heteroatoms. The van der Waals surface area contributed by atoms with E-state index >= 15 is 0 Å². The summed E-state index contributed by atoms with van der Waals surface area (Å²) in [6.45, 7) is 19.0. The Kier molecular flexibility index (Phi) is 10.0. The number of β-amino-alcohol motifs (C(OH)–C–C–N with tert-alkyl or cyclic N) is 2. The van der Waals surface area contributed by atoms with Gasteiger partial charge < -0.3 is 29.9 Å². The van der Waals surface area contributed by atoms with Crippen LogP contribution in [0.25, 0.3) is 0 Å². The molecule has 2 atom stereocenters. The van der Waals surface area contributed by atoms with E-state index in [0.29, 0.717) is 52.0 Å². The lowest BCUT2D eigenvalue weighted by molar-refractivity contribution is -0.110. The summed E-state index contributed by atoms with van der Waals surface area (Å²) in [6, 6.07) is 0. The molecule has 0 amide bonds. The van der Waals surface area contributed by atoms with Gasteiger partial charge in [-0.1, -0.05) is 0 Å². The molecule has 0 saturated carbocycles. The molecule has 0 spiro atoms. The summed E-state index contributed by atoms with van der Waals surface area (Å²) >= 11 is 0. The first kappa shape index (κ1) is 29.9. The number of aliphatic hydroxyl groups is 4. The van der Waals surface area contributed by atoms with E-state index in [0.717, 1.165) is 0 Å². The van der Waals surface area contributed by atoms with Gasteiger partial charge in [0, 0.05) is 35.2 Å². The zero-order valence-electron chi connectivity index (χ0n) is 22.9. The molecule has 0 aromatic heterocycles. The summed E-state index contributed by atoms with van der Waals surface area (Å²) in [6.07, 6.45) is 0.858. The molecule has 34 heavy (non-hydrogen) atoms. The maximum Gasteiger partial charge on any atom is 0.0900 e. The summed E-state index contributed by atoms with van der Waals surface area (Å²) < 4.78 is 11.3. The van der Waals surface area contributed by atoms with E-state index in [1.54, 1.807) is 0 Å². The van der Waals surface area contributed by atoms with Crippen LogP contribution in [0.1, 0.15) is 81.1 Å². The van der Waals surface area contributed by atoms with Crippen LogP contribution in [0.2, 0.25) is 0 Å². The van der Waals surface area contributed by atoms with Gasteiger partial charge in [0.1, 0.15) is 0 Å². The molecule has 0 aromatic carbocycles. The van der Waals surface area contributed by atoms with Gasteiger partial charge in [0.2, 0.25) is 0 Å². The van der Waals surface area contributed by atoms with Crippen LogP contribution in [0, 0.1) is 0 Å². The van der Waals surface area contributed by atoms with Crippen molar-refractivity contribution in [2.45, 2.75) is 128 Å². The lowest BCUT2D eigenvalue weighted by atomic mass is 9.78. The maximum absolute atomic E-state index is 10.5. The second-order valence-corrected chi connectivity index (χ2v) is 13.1. The largest absolute Gasteiger partial charge is 0.393 e. The third kappa shape index (κ3) is 8.10. The number of nitrogens with zero attached hydrogens (tertiary/aromatic N) is 2. The fourth-order valence-electron chi connectivity index (χ4n) is 6.60. The van der Waals surface area contributed by atoms with Crippen LogP contribution in [-0.4, -0.2) is 116 Å². The molecule has 0 aromatic rings. The van der Waals surface area contributed by atoms with Crippen molar-refractivity contribution in [1.29, 1.82) is 0 Å². The molecule has 2 unspecified atom stereocenters. The van der Waals surface area contributed by atoms with Crippen molar-refractivity contribution in [2.75, 3.05) is 39.5 Å². The fourth-order valence-corrected chi connectivity index (χ4v) is 6.60. The summed E-state index contributed by atoms with van der Waals surface area (Å²) in [5.74, 6) is 0. The van der Waals surface area contributed by atoms with Crippen LogP contribution in [0.4, 0.5) is 0 Å². The van der Waals surface area contributed by atoms with Gasteiger partial charge in [0.05, 0.1) is 50.8 Å². The minimum atomic E-state index is -0.627. The summed E-state index contributed by atoms with van der Waals surface area (Å²) in [4.78, 5) is 4.55. The lowest BCUT2D eigenvalue weighted by Gasteiger charge is -2.55. The third-order valence-corrected chi connectivity index (χ3v) is 7.64. The molecule has 8 nitrogen and oxygen atoms in total. The molecule has 2 fully saturated rings. The Hall–Kier alpha value is -0.320. The Labute approximate surface area is 207 Å². The molecule has 0 radical (unpaired) electrons. The molecular weight excluding hydrogens is 436 g/mol. The minimum Gasteiger partial charge on any atom is -0.393 e. The van der Waals surface area contributed by atoms with Gasteiger partial charge in [-0.25, -0.2) is 0 Å². The van der Waals surface area contributed by atoms with Crippen molar-refractivity contribution >= 4 is 0 Å². The van der Waals surface area contributed by atoms with E-state index < -0.39 is 12.2 Å².